The number of nitrogens with one attached hydrogen (secondary N) is 1. The quantitative estimate of drug-likeness (QED) is 0.587. The highest BCUT2D eigenvalue weighted by molar-refractivity contribution is 5.80. The molecule has 2 unspecified atom stereocenters. The topological polar surface area (TPSA) is 54.5 Å². The van der Waals surface area contributed by atoms with Crippen molar-refractivity contribution < 1.29 is 9.53 Å². The van der Waals surface area contributed by atoms with Gasteiger partial charge in [-0.05, 0) is 57.8 Å². The van der Waals surface area contributed by atoms with Crippen molar-refractivity contribution >= 4 is 5.91 Å². The SMILES string of the molecule is C=CCCOC(C)C(=O)N(Cc1ccccn1)C1CCCNCC1. The van der Waals surface area contributed by atoms with E-state index in [0.717, 1.165) is 44.5 Å². The van der Waals surface area contributed by atoms with Gasteiger partial charge in [-0.25, -0.2) is 0 Å². The highest BCUT2D eigenvalue weighted by Crippen LogP contribution is 2.18. The normalized spacial score (nSPS) is 19.3. The Morgan fingerprint density at radius 1 is 1.50 bits per heavy atom. The summed E-state index contributed by atoms with van der Waals surface area (Å²) in [6, 6.07) is 6.06. The molecule has 0 spiro atoms. The number of carbonyl (C=O) groups excluding carboxylic acids is 1. The average molecular weight is 331 g/mol. The van der Waals surface area contributed by atoms with Crippen molar-refractivity contribution in [3.05, 3.63) is 42.7 Å². The van der Waals surface area contributed by atoms with Crippen molar-refractivity contribution in [2.75, 3.05) is 19.7 Å². The molecule has 2 rings (SSSR count). The molecular formula is C19H29N3O2. The third-order valence-corrected chi connectivity index (χ3v) is 4.37. The third kappa shape index (κ3) is 5.73. The second-order valence-corrected chi connectivity index (χ2v) is 6.21. The molecule has 2 atom stereocenters. The number of carbonyl (C=O) groups is 1. The van der Waals surface area contributed by atoms with Gasteiger partial charge >= 0.3 is 0 Å². The van der Waals surface area contributed by atoms with Crippen LogP contribution in [-0.2, 0) is 16.1 Å². The number of nitrogens with zero attached hydrogens (tertiary/aromatic N) is 2. The van der Waals surface area contributed by atoms with Crippen LogP contribution in [0.15, 0.2) is 37.1 Å². The van der Waals surface area contributed by atoms with Gasteiger partial charge in [-0.1, -0.05) is 12.1 Å². The van der Waals surface area contributed by atoms with Crippen LogP contribution >= 0.6 is 0 Å². The van der Waals surface area contributed by atoms with Gasteiger partial charge < -0.3 is 15.0 Å². The largest absolute Gasteiger partial charge is 0.368 e. The Labute approximate surface area is 145 Å². The molecule has 0 aliphatic carbocycles. The van der Waals surface area contributed by atoms with Crippen LogP contribution in [0.25, 0.3) is 0 Å². The number of ether oxygens (including phenoxy) is 1. The number of rotatable bonds is 8. The molecule has 1 N–H and O–H groups in total. The first-order valence-electron chi connectivity index (χ1n) is 8.86. The molecule has 5 heteroatoms. The summed E-state index contributed by atoms with van der Waals surface area (Å²) in [7, 11) is 0. The predicted octanol–water partition coefficient (Wildman–Crippen LogP) is 2.53. The minimum Gasteiger partial charge on any atom is -0.368 e. The Morgan fingerprint density at radius 2 is 2.38 bits per heavy atom. The van der Waals surface area contributed by atoms with E-state index in [1.54, 1.807) is 12.3 Å². The summed E-state index contributed by atoms with van der Waals surface area (Å²) in [5.41, 5.74) is 0.918. The van der Waals surface area contributed by atoms with Gasteiger partial charge in [0, 0.05) is 12.2 Å². The van der Waals surface area contributed by atoms with Gasteiger partial charge in [0.2, 0.25) is 0 Å². The van der Waals surface area contributed by atoms with Crippen molar-refractivity contribution in [1.82, 2.24) is 15.2 Å². The summed E-state index contributed by atoms with van der Waals surface area (Å²) in [5, 5.41) is 3.41. The minimum absolute atomic E-state index is 0.0524. The monoisotopic (exact) mass is 331 g/mol. The van der Waals surface area contributed by atoms with Crippen molar-refractivity contribution in [1.29, 1.82) is 0 Å². The Morgan fingerprint density at radius 3 is 3.12 bits per heavy atom. The summed E-state index contributed by atoms with van der Waals surface area (Å²) >= 11 is 0. The molecule has 24 heavy (non-hydrogen) atoms. The van der Waals surface area contributed by atoms with E-state index in [0.29, 0.717) is 13.2 Å². The van der Waals surface area contributed by atoms with Gasteiger partial charge in [0.15, 0.2) is 0 Å². The highest BCUT2D eigenvalue weighted by Gasteiger charge is 2.28. The predicted molar refractivity (Wildman–Crippen MR) is 95.5 cm³/mol. The van der Waals surface area contributed by atoms with E-state index in [2.05, 4.69) is 16.9 Å². The molecule has 1 aliphatic rings. The molecule has 0 radical (unpaired) electrons. The Balaban J connectivity index is 2.08. The maximum absolute atomic E-state index is 13.0. The minimum atomic E-state index is -0.440. The molecule has 0 aromatic carbocycles. The molecule has 1 amide bonds. The summed E-state index contributed by atoms with van der Waals surface area (Å²) in [6.07, 6.45) is 6.97. The first-order valence-corrected chi connectivity index (χ1v) is 8.86. The lowest BCUT2D eigenvalue weighted by Crippen LogP contribution is -2.45. The number of hydrogen-bond donors (Lipinski definition) is 1. The molecule has 1 aromatic heterocycles. The van der Waals surface area contributed by atoms with E-state index in [9.17, 15) is 4.79 Å². The van der Waals surface area contributed by atoms with Gasteiger partial charge in [0.05, 0.1) is 18.8 Å². The third-order valence-electron chi connectivity index (χ3n) is 4.37. The van der Waals surface area contributed by atoms with Gasteiger partial charge in [-0.3, -0.25) is 9.78 Å². The summed E-state index contributed by atoms with van der Waals surface area (Å²) in [5.74, 6) is 0.0524. The van der Waals surface area contributed by atoms with E-state index >= 15 is 0 Å². The zero-order chi connectivity index (χ0) is 17.2. The summed E-state index contributed by atoms with van der Waals surface area (Å²) < 4.78 is 5.69. The van der Waals surface area contributed by atoms with Crippen molar-refractivity contribution in [3.8, 4) is 0 Å². The smallest absolute Gasteiger partial charge is 0.252 e. The fourth-order valence-corrected chi connectivity index (χ4v) is 3.00. The summed E-state index contributed by atoms with van der Waals surface area (Å²) in [4.78, 5) is 19.3. The molecular weight excluding hydrogens is 302 g/mol. The van der Waals surface area contributed by atoms with E-state index in [-0.39, 0.29) is 11.9 Å². The molecule has 1 aromatic rings. The van der Waals surface area contributed by atoms with Gasteiger partial charge in [-0.2, -0.15) is 0 Å². The second kappa shape index (κ2) is 10.2. The first-order chi connectivity index (χ1) is 11.7. The van der Waals surface area contributed by atoms with Crippen LogP contribution in [0.1, 0.15) is 38.3 Å². The van der Waals surface area contributed by atoms with Crippen molar-refractivity contribution in [3.63, 3.8) is 0 Å². The molecule has 5 nitrogen and oxygen atoms in total. The van der Waals surface area contributed by atoms with Crippen LogP contribution in [0.4, 0.5) is 0 Å². The maximum atomic E-state index is 13.0. The number of aromatic nitrogens is 1. The molecule has 1 aliphatic heterocycles. The fourth-order valence-electron chi connectivity index (χ4n) is 3.00. The standard InChI is InChI=1S/C19H29N3O2/c1-3-4-14-24-16(2)19(23)22(15-17-8-5-6-12-21-17)18-9-7-11-20-13-10-18/h3,5-6,8,12,16,18,20H,1,4,7,9-11,13-15H2,2H3. The molecule has 1 fully saturated rings. The first kappa shape index (κ1) is 18.6. The molecule has 0 saturated carbocycles. The zero-order valence-electron chi connectivity index (χ0n) is 14.6. The molecule has 132 valence electrons. The summed E-state index contributed by atoms with van der Waals surface area (Å²) in [6.45, 7) is 8.56. The van der Waals surface area contributed by atoms with Crippen LogP contribution in [-0.4, -0.2) is 47.6 Å². The van der Waals surface area contributed by atoms with Crippen LogP contribution in [0, 0.1) is 0 Å². The average Bonchev–Trinajstić information content (AvgIpc) is 2.89. The lowest BCUT2D eigenvalue weighted by molar-refractivity contribution is -0.146. The fraction of sp³-hybridized carbons (Fsp3) is 0.579. The number of hydrogen-bond acceptors (Lipinski definition) is 4. The van der Waals surface area contributed by atoms with E-state index in [1.807, 2.05) is 30.0 Å². The van der Waals surface area contributed by atoms with Crippen LogP contribution in [0.3, 0.4) is 0 Å². The molecule has 0 bridgehead atoms. The number of pyridine rings is 1. The lowest BCUT2D eigenvalue weighted by atomic mass is 10.1. The maximum Gasteiger partial charge on any atom is 0.252 e. The zero-order valence-corrected chi connectivity index (χ0v) is 14.6. The van der Waals surface area contributed by atoms with E-state index < -0.39 is 6.10 Å². The number of amides is 1. The Kier molecular flexibility index (Phi) is 7.92. The van der Waals surface area contributed by atoms with Crippen LogP contribution in [0.5, 0.6) is 0 Å². The van der Waals surface area contributed by atoms with Gasteiger partial charge in [-0.15, -0.1) is 6.58 Å². The van der Waals surface area contributed by atoms with Crippen molar-refractivity contribution in [2.45, 2.75) is 51.3 Å². The van der Waals surface area contributed by atoms with Gasteiger partial charge in [0.1, 0.15) is 6.10 Å². The Hall–Kier alpha value is -1.72. The van der Waals surface area contributed by atoms with Crippen LogP contribution < -0.4 is 5.32 Å². The molecule has 1 saturated heterocycles. The Bertz CT molecular complexity index is 499. The lowest BCUT2D eigenvalue weighted by Gasteiger charge is -2.33. The van der Waals surface area contributed by atoms with Gasteiger partial charge in [0.25, 0.3) is 5.91 Å². The van der Waals surface area contributed by atoms with E-state index in [4.69, 9.17) is 4.74 Å². The highest BCUT2D eigenvalue weighted by atomic mass is 16.5. The molecule has 2 heterocycles. The second-order valence-electron chi connectivity index (χ2n) is 6.21. The van der Waals surface area contributed by atoms with Crippen molar-refractivity contribution in [2.24, 2.45) is 0 Å². The van der Waals surface area contributed by atoms with Crippen LogP contribution in [0.2, 0.25) is 0 Å². The van der Waals surface area contributed by atoms with E-state index in [1.165, 1.54) is 0 Å².